The number of rotatable bonds is 6. The first-order valence-corrected chi connectivity index (χ1v) is 13.9. The van der Waals surface area contributed by atoms with Crippen molar-refractivity contribution >= 4 is 27.7 Å². The summed E-state index contributed by atoms with van der Waals surface area (Å²) in [6.45, 7) is 8.44. The Morgan fingerprint density at radius 3 is 2.28 bits per heavy atom. The van der Waals surface area contributed by atoms with Crippen LogP contribution in [0.1, 0.15) is 41.5 Å². The number of hydrogen-bond acceptors (Lipinski definition) is 7. The van der Waals surface area contributed by atoms with Gasteiger partial charge in [-0.3, -0.25) is 4.79 Å². The average molecular weight is 518 g/mol. The molecule has 0 saturated carbocycles. The number of pyridine rings is 1. The average Bonchev–Trinajstić information content (AvgIpc) is 3.13. The summed E-state index contributed by atoms with van der Waals surface area (Å²) in [7, 11) is -2.19. The zero-order valence-electron chi connectivity index (χ0n) is 21.4. The van der Waals surface area contributed by atoms with Crippen LogP contribution in [-0.2, 0) is 26.6 Å². The first-order valence-electron chi connectivity index (χ1n) is 12.4. The Morgan fingerprint density at radius 1 is 1.03 bits per heavy atom. The second-order valence-corrected chi connectivity index (χ2v) is 11.2. The minimum Gasteiger partial charge on any atom is -0.462 e. The number of anilines is 1. The number of esters is 1. The SMILES string of the molecule is CCOC(=O)c1c(S(=O)(=O)N2CCC(C(=O)N3CCN(c4ccccn4)CC3)CC2)c(C)n(C)c1C. The second-order valence-electron chi connectivity index (χ2n) is 9.33. The first kappa shape index (κ1) is 26.2. The predicted octanol–water partition coefficient (Wildman–Crippen LogP) is 1.96. The lowest BCUT2D eigenvalue weighted by molar-refractivity contribution is -0.137. The van der Waals surface area contributed by atoms with Crippen molar-refractivity contribution in [3.8, 4) is 0 Å². The molecule has 10 nitrogen and oxygen atoms in total. The van der Waals surface area contributed by atoms with Gasteiger partial charge in [0.15, 0.2) is 0 Å². The number of amides is 1. The van der Waals surface area contributed by atoms with Gasteiger partial charge >= 0.3 is 5.97 Å². The van der Waals surface area contributed by atoms with E-state index in [4.69, 9.17) is 4.74 Å². The summed E-state index contributed by atoms with van der Waals surface area (Å²) in [5.41, 5.74) is 1.15. The van der Waals surface area contributed by atoms with Crippen LogP contribution in [0.4, 0.5) is 5.82 Å². The van der Waals surface area contributed by atoms with E-state index in [0.717, 1.165) is 18.9 Å². The van der Waals surface area contributed by atoms with Gasteiger partial charge in [-0.05, 0) is 45.7 Å². The Bertz CT molecular complexity index is 1210. The van der Waals surface area contributed by atoms with Gasteiger partial charge in [-0.1, -0.05) is 6.07 Å². The standard InChI is InChI=1S/C25H35N5O5S/c1-5-35-25(32)22-18(2)27(4)19(3)23(22)36(33,34)30-12-9-20(10-13-30)24(31)29-16-14-28(15-17-29)21-8-6-7-11-26-21/h6-8,11,20H,5,9-10,12-17H2,1-4H3. The van der Waals surface area contributed by atoms with Crippen molar-refractivity contribution in [2.45, 2.75) is 38.5 Å². The van der Waals surface area contributed by atoms with Gasteiger partial charge in [0.25, 0.3) is 0 Å². The lowest BCUT2D eigenvalue weighted by Gasteiger charge is -2.38. The van der Waals surface area contributed by atoms with E-state index in [0.29, 0.717) is 37.3 Å². The number of ether oxygens (including phenoxy) is 1. The molecule has 4 rings (SSSR count). The van der Waals surface area contributed by atoms with Crippen LogP contribution in [0, 0.1) is 19.8 Å². The highest BCUT2D eigenvalue weighted by atomic mass is 32.2. The van der Waals surface area contributed by atoms with E-state index in [1.165, 1.54) is 4.31 Å². The van der Waals surface area contributed by atoms with E-state index >= 15 is 0 Å². The maximum atomic E-state index is 13.7. The van der Waals surface area contributed by atoms with E-state index in [-0.39, 0.29) is 42.0 Å². The zero-order chi connectivity index (χ0) is 26.0. The molecule has 0 atom stereocenters. The Hall–Kier alpha value is -2.92. The third-order valence-corrected chi connectivity index (χ3v) is 9.43. The molecule has 2 fully saturated rings. The van der Waals surface area contributed by atoms with Crippen molar-refractivity contribution in [1.82, 2.24) is 18.8 Å². The van der Waals surface area contributed by atoms with Gasteiger partial charge in [0, 0.05) is 69.8 Å². The zero-order valence-corrected chi connectivity index (χ0v) is 22.3. The van der Waals surface area contributed by atoms with Gasteiger partial charge in [-0.2, -0.15) is 4.31 Å². The van der Waals surface area contributed by atoms with Gasteiger partial charge in [-0.25, -0.2) is 18.2 Å². The summed E-state index contributed by atoms with van der Waals surface area (Å²) in [4.78, 5) is 34.3. The highest BCUT2D eigenvalue weighted by molar-refractivity contribution is 7.89. The lowest BCUT2D eigenvalue weighted by atomic mass is 9.96. The van der Waals surface area contributed by atoms with Gasteiger partial charge in [0.2, 0.25) is 15.9 Å². The minimum absolute atomic E-state index is 0.0105. The van der Waals surface area contributed by atoms with Crippen LogP contribution in [0.3, 0.4) is 0 Å². The molecule has 2 saturated heterocycles. The molecule has 2 aliphatic rings. The molecule has 11 heteroatoms. The Labute approximate surface area is 212 Å². The maximum Gasteiger partial charge on any atom is 0.341 e. The van der Waals surface area contributed by atoms with E-state index in [1.54, 1.807) is 38.6 Å². The topological polar surface area (TPSA) is 105 Å². The Balaban J connectivity index is 1.41. The largest absolute Gasteiger partial charge is 0.462 e. The lowest BCUT2D eigenvalue weighted by Crippen LogP contribution is -2.52. The number of aromatic nitrogens is 2. The summed E-state index contributed by atoms with van der Waals surface area (Å²) in [5.74, 6) is 0.163. The fraction of sp³-hybridized carbons (Fsp3) is 0.560. The molecule has 0 bridgehead atoms. The molecule has 36 heavy (non-hydrogen) atoms. The number of piperidine rings is 1. The molecule has 0 aliphatic carbocycles. The maximum absolute atomic E-state index is 13.7. The highest BCUT2D eigenvalue weighted by Crippen LogP contribution is 2.32. The Morgan fingerprint density at radius 2 is 1.69 bits per heavy atom. The molecule has 4 heterocycles. The first-order chi connectivity index (χ1) is 17.2. The number of sulfonamides is 1. The van der Waals surface area contributed by atoms with Crippen LogP contribution in [0.25, 0.3) is 0 Å². The third-order valence-electron chi connectivity index (χ3n) is 7.37. The summed E-state index contributed by atoms with van der Waals surface area (Å²) in [6.07, 6.45) is 2.68. The normalized spacial score (nSPS) is 17.9. The molecule has 2 aromatic rings. The van der Waals surface area contributed by atoms with Crippen LogP contribution < -0.4 is 4.90 Å². The molecular weight excluding hydrogens is 482 g/mol. The number of nitrogens with zero attached hydrogens (tertiary/aromatic N) is 5. The summed E-state index contributed by atoms with van der Waals surface area (Å²) >= 11 is 0. The van der Waals surface area contributed by atoms with Crippen molar-refractivity contribution in [2.24, 2.45) is 13.0 Å². The molecule has 0 N–H and O–H groups in total. The molecule has 196 valence electrons. The van der Waals surface area contributed by atoms with Crippen LogP contribution in [0.2, 0.25) is 0 Å². The van der Waals surface area contributed by atoms with Crippen LogP contribution in [-0.4, -0.2) is 84.9 Å². The summed E-state index contributed by atoms with van der Waals surface area (Å²) < 4.78 is 35.6. The van der Waals surface area contributed by atoms with Crippen LogP contribution in [0.15, 0.2) is 29.3 Å². The van der Waals surface area contributed by atoms with Crippen molar-refractivity contribution < 1.29 is 22.7 Å². The third kappa shape index (κ3) is 4.86. The fourth-order valence-electron chi connectivity index (χ4n) is 5.10. The molecule has 0 spiro atoms. The molecule has 0 unspecified atom stereocenters. The van der Waals surface area contributed by atoms with Gasteiger partial charge in [-0.15, -0.1) is 0 Å². The number of carbonyl (C=O) groups is 2. The van der Waals surface area contributed by atoms with E-state index in [1.807, 2.05) is 23.1 Å². The van der Waals surface area contributed by atoms with E-state index < -0.39 is 16.0 Å². The van der Waals surface area contributed by atoms with Crippen molar-refractivity contribution in [1.29, 1.82) is 0 Å². The monoisotopic (exact) mass is 517 g/mol. The summed E-state index contributed by atoms with van der Waals surface area (Å²) in [5, 5.41) is 0. The fourth-order valence-corrected chi connectivity index (χ4v) is 7.05. The smallest absolute Gasteiger partial charge is 0.341 e. The van der Waals surface area contributed by atoms with Crippen LogP contribution >= 0.6 is 0 Å². The van der Waals surface area contributed by atoms with Crippen molar-refractivity contribution in [3.05, 3.63) is 41.3 Å². The number of carbonyl (C=O) groups excluding carboxylic acids is 2. The van der Waals surface area contributed by atoms with Gasteiger partial charge < -0.3 is 19.1 Å². The number of hydrogen-bond donors (Lipinski definition) is 0. The molecule has 1 amide bonds. The minimum atomic E-state index is -3.93. The van der Waals surface area contributed by atoms with Gasteiger partial charge in [0.1, 0.15) is 16.3 Å². The quantitative estimate of drug-likeness (QED) is 0.540. The molecular formula is C25H35N5O5S. The van der Waals surface area contributed by atoms with Crippen molar-refractivity contribution in [3.63, 3.8) is 0 Å². The predicted molar refractivity (Wildman–Crippen MR) is 135 cm³/mol. The van der Waals surface area contributed by atoms with E-state index in [2.05, 4.69) is 9.88 Å². The Kier molecular flexibility index (Phi) is 7.70. The van der Waals surface area contributed by atoms with Crippen molar-refractivity contribution in [2.75, 3.05) is 50.8 Å². The number of piperazine rings is 1. The van der Waals surface area contributed by atoms with Crippen LogP contribution in [0.5, 0.6) is 0 Å². The highest BCUT2D eigenvalue weighted by Gasteiger charge is 2.39. The molecule has 2 aliphatic heterocycles. The molecule has 0 aromatic carbocycles. The van der Waals surface area contributed by atoms with Gasteiger partial charge in [0.05, 0.1) is 6.61 Å². The molecule has 2 aromatic heterocycles. The molecule has 0 radical (unpaired) electrons. The second kappa shape index (κ2) is 10.6. The summed E-state index contributed by atoms with van der Waals surface area (Å²) in [6, 6.07) is 5.81. The van der Waals surface area contributed by atoms with E-state index in [9.17, 15) is 18.0 Å².